The van der Waals surface area contributed by atoms with E-state index in [9.17, 15) is 8.42 Å². The number of nitrogens with zero attached hydrogens (tertiary/aromatic N) is 2. The summed E-state index contributed by atoms with van der Waals surface area (Å²) >= 11 is 0. The maximum absolute atomic E-state index is 11.3. The molecule has 0 atom stereocenters. The SMILES string of the molecule is Cc1ccc(C)c(Cn2cc(S(N)(=O)=O)nc2C)c1. The molecule has 6 heteroatoms. The Labute approximate surface area is 113 Å². The van der Waals surface area contributed by atoms with Crippen LogP contribution in [0.15, 0.2) is 29.4 Å². The van der Waals surface area contributed by atoms with E-state index >= 15 is 0 Å². The molecule has 0 fully saturated rings. The molecule has 5 nitrogen and oxygen atoms in total. The van der Waals surface area contributed by atoms with Gasteiger partial charge in [0, 0.05) is 12.7 Å². The molecule has 0 aliphatic carbocycles. The van der Waals surface area contributed by atoms with Crippen molar-refractivity contribution < 1.29 is 8.42 Å². The van der Waals surface area contributed by atoms with Crippen LogP contribution in [0.5, 0.6) is 0 Å². The van der Waals surface area contributed by atoms with Crippen molar-refractivity contribution in [2.24, 2.45) is 5.14 Å². The Bertz CT molecular complexity index is 717. The highest BCUT2D eigenvalue weighted by atomic mass is 32.2. The van der Waals surface area contributed by atoms with Crippen LogP contribution in [0, 0.1) is 20.8 Å². The maximum atomic E-state index is 11.3. The van der Waals surface area contributed by atoms with Crippen molar-refractivity contribution in [1.29, 1.82) is 0 Å². The minimum Gasteiger partial charge on any atom is -0.329 e. The number of sulfonamides is 1. The summed E-state index contributed by atoms with van der Waals surface area (Å²) in [5.74, 6) is 0.630. The van der Waals surface area contributed by atoms with Gasteiger partial charge in [0.05, 0.1) is 0 Å². The third-order valence-electron chi connectivity index (χ3n) is 3.09. The zero-order valence-corrected chi connectivity index (χ0v) is 12.0. The van der Waals surface area contributed by atoms with Crippen LogP contribution < -0.4 is 5.14 Å². The summed E-state index contributed by atoms with van der Waals surface area (Å²) in [6.45, 7) is 6.41. The molecule has 1 aromatic carbocycles. The Morgan fingerprint density at radius 3 is 2.53 bits per heavy atom. The Morgan fingerprint density at radius 2 is 1.95 bits per heavy atom. The standard InChI is InChI=1S/C13H17N3O2S/c1-9-4-5-10(2)12(6-9)7-16-8-13(15-11(16)3)19(14,17)18/h4-6,8H,7H2,1-3H3,(H2,14,17,18). The lowest BCUT2D eigenvalue weighted by molar-refractivity contribution is 0.594. The maximum Gasteiger partial charge on any atom is 0.257 e. The minimum absolute atomic E-state index is 0.0877. The van der Waals surface area contributed by atoms with Crippen LogP contribution in [0.25, 0.3) is 0 Å². The van der Waals surface area contributed by atoms with Gasteiger partial charge in [-0.25, -0.2) is 18.5 Å². The molecule has 2 rings (SSSR count). The topological polar surface area (TPSA) is 78.0 Å². The van der Waals surface area contributed by atoms with E-state index < -0.39 is 10.0 Å². The summed E-state index contributed by atoms with van der Waals surface area (Å²) < 4.78 is 24.3. The predicted octanol–water partition coefficient (Wildman–Crippen LogP) is 1.50. The van der Waals surface area contributed by atoms with E-state index in [1.165, 1.54) is 11.8 Å². The van der Waals surface area contributed by atoms with E-state index in [4.69, 9.17) is 5.14 Å². The van der Waals surface area contributed by atoms with Crippen LogP contribution in [-0.2, 0) is 16.6 Å². The second-order valence-corrected chi connectivity index (χ2v) is 6.24. The Kier molecular flexibility index (Phi) is 3.47. The number of nitrogens with two attached hydrogens (primary N) is 1. The summed E-state index contributed by atoms with van der Waals surface area (Å²) in [6, 6.07) is 6.19. The van der Waals surface area contributed by atoms with Crippen molar-refractivity contribution in [3.05, 3.63) is 46.9 Å². The van der Waals surface area contributed by atoms with Crippen LogP contribution in [-0.4, -0.2) is 18.0 Å². The van der Waals surface area contributed by atoms with Crippen molar-refractivity contribution in [3.8, 4) is 0 Å². The lowest BCUT2D eigenvalue weighted by atomic mass is 10.1. The second-order valence-electron chi connectivity index (χ2n) is 4.73. The van der Waals surface area contributed by atoms with Crippen molar-refractivity contribution in [1.82, 2.24) is 9.55 Å². The molecule has 2 N–H and O–H groups in total. The number of hydrogen-bond donors (Lipinski definition) is 1. The summed E-state index contributed by atoms with van der Waals surface area (Å²) in [7, 11) is -3.75. The van der Waals surface area contributed by atoms with Crippen LogP contribution in [0.2, 0.25) is 0 Å². The average molecular weight is 279 g/mol. The van der Waals surface area contributed by atoms with Crippen LogP contribution in [0.4, 0.5) is 0 Å². The van der Waals surface area contributed by atoms with Crippen molar-refractivity contribution in [2.45, 2.75) is 32.3 Å². The van der Waals surface area contributed by atoms with Gasteiger partial charge in [0.2, 0.25) is 0 Å². The third kappa shape index (κ3) is 3.02. The van der Waals surface area contributed by atoms with Crippen molar-refractivity contribution in [3.63, 3.8) is 0 Å². The van der Waals surface area contributed by atoms with Gasteiger partial charge in [-0.2, -0.15) is 0 Å². The predicted molar refractivity (Wildman–Crippen MR) is 73.4 cm³/mol. The molecule has 0 unspecified atom stereocenters. The monoisotopic (exact) mass is 279 g/mol. The summed E-state index contributed by atoms with van der Waals surface area (Å²) in [6.07, 6.45) is 1.48. The van der Waals surface area contributed by atoms with Gasteiger partial charge >= 0.3 is 0 Å². The van der Waals surface area contributed by atoms with E-state index in [1.807, 2.05) is 13.8 Å². The summed E-state index contributed by atoms with van der Waals surface area (Å²) in [4.78, 5) is 3.98. The molecule has 0 aliphatic heterocycles. The molecular formula is C13H17N3O2S. The highest BCUT2D eigenvalue weighted by molar-refractivity contribution is 7.89. The molecule has 1 aromatic heterocycles. The molecule has 0 amide bonds. The first-order valence-corrected chi connectivity index (χ1v) is 7.44. The summed E-state index contributed by atoms with van der Waals surface area (Å²) in [5, 5.41) is 5.00. The van der Waals surface area contributed by atoms with E-state index in [2.05, 4.69) is 23.2 Å². The van der Waals surface area contributed by atoms with Gasteiger partial charge in [0.1, 0.15) is 5.82 Å². The quantitative estimate of drug-likeness (QED) is 0.925. The van der Waals surface area contributed by atoms with Gasteiger partial charge in [-0.1, -0.05) is 23.8 Å². The normalized spacial score (nSPS) is 11.8. The van der Waals surface area contributed by atoms with Gasteiger partial charge in [-0.3, -0.25) is 0 Å². The molecule has 19 heavy (non-hydrogen) atoms. The van der Waals surface area contributed by atoms with Gasteiger partial charge < -0.3 is 4.57 Å². The smallest absolute Gasteiger partial charge is 0.257 e. The first kappa shape index (κ1) is 13.8. The number of benzene rings is 1. The molecule has 0 bridgehead atoms. The number of hydrogen-bond acceptors (Lipinski definition) is 3. The van der Waals surface area contributed by atoms with E-state index in [1.54, 1.807) is 11.5 Å². The van der Waals surface area contributed by atoms with Gasteiger partial charge in [0.25, 0.3) is 10.0 Å². The molecule has 1 heterocycles. The van der Waals surface area contributed by atoms with Crippen molar-refractivity contribution >= 4 is 10.0 Å². The lowest BCUT2D eigenvalue weighted by Crippen LogP contribution is -2.12. The van der Waals surface area contributed by atoms with Gasteiger partial charge in [-0.05, 0) is 31.9 Å². The first-order valence-electron chi connectivity index (χ1n) is 5.90. The van der Waals surface area contributed by atoms with E-state index in [-0.39, 0.29) is 5.03 Å². The minimum atomic E-state index is -3.75. The fourth-order valence-corrected chi connectivity index (χ4v) is 2.46. The highest BCUT2D eigenvalue weighted by Crippen LogP contribution is 2.15. The molecule has 0 saturated heterocycles. The van der Waals surface area contributed by atoms with E-state index in [0.717, 1.165) is 11.1 Å². The van der Waals surface area contributed by atoms with Gasteiger partial charge in [-0.15, -0.1) is 0 Å². The number of imidazole rings is 1. The molecule has 0 spiro atoms. The van der Waals surface area contributed by atoms with Crippen LogP contribution >= 0.6 is 0 Å². The van der Waals surface area contributed by atoms with Crippen LogP contribution in [0.1, 0.15) is 22.5 Å². The van der Waals surface area contributed by atoms with Crippen LogP contribution in [0.3, 0.4) is 0 Å². The number of aryl methyl sites for hydroxylation is 3. The van der Waals surface area contributed by atoms with E-state index in [0.29, 0.717) is 12.4 Å². The molecule has 0 saturated carbocycles. The first-order chi connectivity index (χ1) is 8.77. The number of rotatable bonds is 3. The lowest BCUT2D eigenvalue weighted by Gasteiger charge is -2.09. The molecular weight excluding hydrogens is 262 g/mol. The number of aromatic nitrogens is 2. The zero-order chi connectivity index (χ0) is 14.2. The second kappa shape index (κ2) is 4.79. The molecule has 0 radical (unpaired) electrons. The fourth-order valence-electron chi connectivity index (χ4n) is 1.93. The Morgan fingerprint density at radius 1 is 1.26 bits per heavy atom. The molecule has 102 valence electrons. The molecule has 0 aliphatic rings. The Hall–Kier alpha value is -1.66. The third-order valence-corrected chi connectivity index (χ3v) is 3.87. The summed E-state index contributed by atoms with van der Waals surface area (Å²) in [5.41, 5.74) is 3.47. The van der Waals surface area contributed by atoms with Crippen molar-refractivity contribution in [2.75, 3.05) is 0 Å². The Balaban J connectivity index is 2.39. The zero-order valence-electron chi connectivity index (χ0n) is 11.2. The average Bonchev–Trinajstić information content (AvgIpc) is 2.65. The highest BCUT2D eigenvalue weighted by Gasteiger charge is 2.14. The fraction of sp³-hybridized carbons (Fsp3) is 0.308. The number of primary sulfonamides is 1. The molecule has 2 aromatic rings. The largest absolute Gasteiger partial charge is 0.329 e. The van der Waals surface area contributed by atoms with Gasteiger partial charge in [0.15, 0.2) is 5.03 Å².